The summed E-state index contributed by atoms with van der Waals surface area (Å²) in [5.41, 5.74) is -0.186. The number of hydrogen-bond acceptors (Lipinski definition) is 4. The SMILES string of the molecule is CC(C)CC[C@]1(C)NC(=O)N(CC(=O)OCc2ccc(Cl)cc2)C1=O. The van der Waals surface area contributed by atoms with Crippen LogP contribution in [0.4, 0.5) is 4.79 Å². The molecule has 6 nitrogen and oxygen atoms in total. The molecule has 1 aromatic carbocycles. The first kappa shape index (κ1) is 19.2. The molecule has 1 saturated heterocycles. The second-order valence-corrected chi connectivity index (χ2v) is 7.31. The van der Waals surface area contributed by atoms with Crippen molar-refractivity contribution in [3.8, 4) is 0 Å². The first-order valence-electron chi connectivity index (χ1n) is 8.25. The molecule has 0 aliphatic carbocycles. The number of ether oxygens (including phenoxy) is 1. The summed E-state index contributed by atoms with van der Waals surface area (Å²) in [5, 5.41) is 3.28. The number of nitrogens with zero attached hydrogens (tertiary/aromatic N) is 1. The normalized spacial score (nSPS) is 20.1. The van der Waals surface area contributed by atoms with E-state index in [1.807, 2.05) is 0 Å². The Morgan fingerprint density at radius 3 is 2.52 bits per heavy atom. The summed E-state index contributed by atoms with van der Waals surface area (Å²) < 4.78 is 5.14. The van der Waals surface area contributed by atoms with Crippen LogP contribution < -0.4 is 5.32 Å². The Labute approximate surface area is 152 Å². The average molecular weight is 367 g/mol. The van der Waals surface area contributed by atoms with Crippen LogP contribution >= 0.6 is 11.6 Å². The van der Waals surface area contributed by atoms with Crippen molar-refractivity contribution in [3.05, 3.63) is 34.9 Å². The van der Waals surface area contributed by atoms with Gasteiger partial charge < -0.3 is 10.1 Å². The number of rotatable bonds is 7. The van der Waals surface area contributed by atoms with E-state index in [1.165, 1.54) is 0 Å². The molecule has 136 valence electrons. The third-order valence-electron chi connectivity index (χ3n) is 4.17. The zero-order valence-electron chi connectivity index (χ0n) is 14.7. The van der Waals surface area contributed by atoms with Crippen LogP contribution in [0.2, 0.25) is 5.02 Å². The minimum atomic E-state index is -0.961. The van der Waals surface area contributed by atoms with Crippen LogP contribution in [0.15, 0.2) is 24.3 Å². The van der Waals surface area contributed by atoms with Crippen molar-refractivity contribution in [2.45, 2.75) is 45.8 Å². The number of carbonyl (C=O) groups excluding carboxylic acids is 3. The summed E-state index contributed by atoms with van der Waals surface area (Å²) in [4.78, 5) is 37.5. The molecule has 1 aliphatic heterocycles. The van der Waals surface area contributed by atoms with Gasteiger partial charge in [-0.25, -0.2) is 4.79 Å². The lowest BCUT2D eigenvalue weighted by molar-refractivity contribution is -0.148. The quantitative estimate of drug-likeness (QED) is 0.594. The predicted molar refractivity (Wildman–Crippen MR) is 94.0 cm³/mol. The van der Waals surface area contributed by atoms with E-state index in [2.05, 4.69) is 19.2 Å². The van der Waals surface area contributed by atoms with E-state index in [1.54, 1.807) is 31.2 Å². The smallest absolute Gasteiger partial charge is 0.326 e. The van der Waals surface area contributed by atoms with Crippen LogP contribution in [0.5, 0.6) is 0 Å². The van der Waals surface area contributed by atoms with E-state index < -0.39 is 24.1 Å². The van der Waals surface area contributed by atoms with E-state index >= 15 is 0 Å². The van der Waals surface area contributed by atoms with E-state index in [0.29, 0.717) is 17.4 Å². The van der Waals surface area contributed by atoms with Gasteiger partial charge in [-0.2, -0.15) is 0 Å². The maximum Gasteiger partial charge on any atom is 0.326 e. The van der Waals surface area contributed by atoms with E-state index in [9.17, 15) is 14.4 Å². The number of benzene rings is 1. The highest BCUT2D eigenvalue weighted by Gasteiger charge is 2.48. The van der Waals surface area contributed by atoms with Crippen LogP contribution in [-0.2, 0) is 20.9 Å². The molecule has 2 rings (SSSR count). The first-order chi connectivity index (χ1) is 11.7. The summed E-state index contributed by atoms with van der Waals surface area (Å²) in [5.74, 6) is -0.604. The Kier molecular flexibility index (Phi) is 6.06. The molecule has 1 aromatic rings. The minimum Gasteiger partial charge on any atom is -0.459 e. The molecule has 7 heteroatoms. The number of imide groups is 1. The highest BCUT2D eigenvalue weighted by Crippen LogP contribution is 2.24. The molecule has 1 N–H and O–H groups in total. The highest BCUT2D eigenvalue weighted by atomic mass is 35.5. The molecular formula is C18H23ClN2O4. The van der Waals surface area contributed by atoms with Crippen molar-refractivity contribution in [3.63, 3.8) is 0 Å². The van der Waals surface area contributed by atoms with Crippen LogP contribution in [0.3, 0.4) is 0 Å². The Morgan fingerprint density at radius 2 is 1.92 bits per heavy atom. The van der Waals surface area contributed by atoms with Crippen LogP contribution in [0.25, 0.3) is 0 Å². The molecule has 0 spiro atoms. The van der Waals surface area contributed by atoms with Crippen molar-refractivity contribution in [1.29, 1.82) is 0 Å². The van der Waals surface area contributed by atoms with Gasteiger partial charge in [-0.1, -0.05) is 37.6 Å². The molecular weight excluding hydrogens is 344 g/mol. The molecule has 3 amide bonds. The maximum atomic E-state index is 12.5. The number of nitrogens with one attached hydrogen (secondary N) is 1. The van der Waals surface area contributed by atoms with Crippen molar-refractivity contribution in [2.24, 2.45) is 5.92 Å². The van der Waals surface area contributed by atoms with Gasteiger partial charge in [0.25, 0.3) is 5.91 Å². The Morgan fingerprint density at radius 1 is 1.28 bits per heavy atom. The summed E-state index contributed by atoms with van der Waals surface area (Å²) in [6, 6.07) is 6.32. The van der Waals surface area contributed by atoms with Crippen molar-refractivity contribution < 1.29 is 19.1 Å². The third kappa shape index (κ3) is 4.95. The van der Waals surface area contributed by atoms with Gasteiger partial charge in [0.05, 0.1) is 0 Å². The number of amides is 3. The number of halogens is 1. The number of carbonyl (C=O) groups is 3. The lowest BCUT2D eigenvalue weighted by Gasteiger charge is -2.22. The Balaban J connectivity index is 1.90. The van der Waals surface area contributed by atoms with Crippen molar-refractivity contribution in [2.75, 3.05) is 6.54 Å². The zero-order valence-corrected chi connectivity index (χ0v) is 15.4. The van der Waals surface area contributed by atoms with Gasteiger partial charge >= 0.3 is 12.0 Å². The lowest BCUT2D eigenvalue weighted by atomic mass is 9.92. The zero-order chi connectivity index (χ0) is 18.6. The molecule has 1 heterocycles. The van der Waals surface area contributed by atoms with E-state index in [-0.39, 0.29) is 12.5 Å². The monoisotopic (exact) mass is 366 g/mol. The second-order valence-electron chi connectivity index (χ2n) is 6.87. The van der Waals surface area contributed by atoms with Gasteiger partial charge in [0.1, 0.15) is 18.7 Å². The molecule has 1 aliphatic rings. The fourth-order valence-electron chi connectivity index (χ4n) is 2.56. The summed E-state index contributed by atoms with van der Waals surface area (Å²) in [6.07, 6.45) is 1.34. The lowest BCUT2D eigenvalue weighted by Crippen LogP contribution is -2.44. The summed E-state index contributed by atoms with van der Waals surface area (Å²) in [7, 11) is 0. The number of esters is 1. The van der Waals surface area contributed by atoms with Crippen molar-refractivity contribution in [1.82, 2.24) is 10.2 Å². The van der Waals surface area contributed by atoms with Gasteiger partial charge in [-0.15, -0.1) is 0 Å². The second kappa shape index (κ2) is 7.87. The number of urea groups is 1. The maximum absolute atomic E-state index is 12.5. The molecule has 1 atom stereocenters. The van der Waals surface area contributed by atoms with Gasteiger partial charge in [-0.3, -0.25) is 14.5 Å². The van der Waals surface area contributed by atoms with Crippen LogP contribution in [0.1, 0.15) is 39.2 Å². The largest absolute Gasteiger partial charge is 0.459 e. The number of hydrogen-bond donors (Lipinski definition) is 1. The van der Waals surface area contributed by atoms with E-state index in [0.717, 1.165) is 16.9 Å². The van der Waals surface area contributed by atoms with Gasteiger partial charge in [0.15, 0.2) is 0 Å². The fraction of sp³-hybridized carbons (Fsp3) is 0.500. The van der Waals surface area contributed by atoms with Gasteiger partial charge in [0.2, 0.25) is 0 Å². The molecule has 0 radical (unpaired) electrons. The molecule has 0 aromatic heterocycles. The Hall–Kier alpha value is -2.08. The predicted octanol–water partition coefficient (Wildman–Crippen LogP) is 3.13. The topological polar surface area (TPSA) is 75.7 Å². The summed E-state index contributed by atoms with van der Waals surface area (Å²) >= 11 is 5.80. The van der Waals surface area contributed by atoms with Crippen molar-refractivity contribution >= 4 is 29.5 Å². The minimum absolute atomic E-state index is 0.0598. The Bertz CT molecular complexity index is 660. The fourth-order valence-corrected chi connectivity index (χ4v) is 2.68. The molecule has 25 heavy (non-hydrogen) atoms. The van der Waals surface area contributed by atoms with E-state index in [4.69, 9.17) is 16.3 Å². The molecule has 0 bridgehead atoms. The standard InChI is InChI=1S/C18H23ClN2O4/c1-12(2)8-9-18(3)16(23)21(17(24)20-18)10-15(22)25-11-13-4-6-14(19)7-5-13/h4-7,12H,8-11H2,1-3H3,(H,20,24)/t18-/m0/s1. The highest BCUT2D eigenvalue weighted by molar-refractivity contribution is 6.30. The molecule has 1 fully saturated rings. The van der Waals surface area contributed by atoms with Crippen LogP contribution in [0, 0.1) is 5.92 Å². The summed E-state index contributed by atoms with van der Waals surface area (Å²) in [6.45, 7) is 5.46. The van der Waals surface area contributed by atoms with Gasteiger partial charge in [-0.05, 0) is 43.4 Å². The average Bonchev–Trinajstić information content (AvgIpc) is 2.76. The molecule has 0 unspecified atom stereocenters. The van der Waals surface area contributed by atoms with Gasteiger partial charge in [0, 0.05) is 5.02 Å². The first-order valence-corrected chi connectivity index (χ1v) is 8.63. The van der Waals surface area contributed by atoms with Crippen LogP contribution in [-0.4, -0.2) is 34.9 Å². The third-order valence-corrected chi connectivity index (χ3v) is 4.42. The molecule has 0 saturated carbocycles.